The number of aromatic nitrogens is 3. The van der Waals surface area contributed by atoms with E-state index in [0.717, 1.165) is 46.1 Å². The number of ketones is 1. The van der Waals surface area contributed by atoms with Crippen LogP contribution in [0.25, 0.3) is 21.8 Å². The van der Waals surface area contributed by atoms with Crippen LogP contribution in [0.3, 0.4) is 0 Å². The molecule has 3 atom stereocenters. The van der Waals surface area contributed by atoms with Crippen LogP contribution in [-0.4, -0.2) is 20.7 Å². The quantitative estimate of drug-likeness (QED) is 0.107. The normalized spacial score (nSPS) is 20.5. The van der Waals surface area contributed by atoms with Gasteiger partial charge in [0.2, 0.25) is 0 Å². The topological polar surface area (TPSA) is 101 Å². The molecule has 0 fully saturated rings. The number of benzene rings is 5. The molecule has 5 aromatic carbocycles. The Morgan fingerprint density at radius 3 is 1.62 bits per heavy atom. The zero-order chi connectivity index (χ0) is 43.8. The smallest absolute Gasteiger partial charge is 0.165 e. The van der Waals surface area contributed by atoms with Gasteiger partial charge in [-0.15, -0.1) is 0 Å². The van der Waals surface area contributed by atoms with Crippen molar-refractivity contribution >= 4 is 44.7 Å². The maximum absolute atomic E-state index is 13.6. The molecular formula is C55H57FN6O. The number of fused-ring (bicyclic) bond motifs is 6. The number of hydrogen-bond donors (Lipinski definition) is 6. The second kappa shape index (κ2) is 15.1. The van der Waals surface area contributed by atoms with Gasteiger partial charge in [0, 0.05) is 108 Å². The maximum atomic E-state index is 13.6. The van der Waals surface area contributed by atoms with Gasteiger partial charge < -0.3 is 30.9 Å². The number of carbonyl (C=O) groups excluding carboxylic acids is 1. The first kappa shape index (κ1) is 40.5. The molecule has 3 aliphatic heterocycles. The highest BCUT2D eigenvalue weighted by Gasteiger charge is 2.44. The van der Waals surface area contributed by atoms with Gasteiger partial charge in [-0.25, -0.2) is 4.39 Å². The first-order valence-corrected chi connectivity index (χ1v) is 22.4. The molecule has 8 aromatic rings. The van der Waals surface area contributed by atoms with E-state index in [0.29, 0.717) is 18.2 Å². The number of aryl methyl sites for hydroxylation is 2. The first-order valence-electron chi connectivity index (χ1n) is 22.4. The van der Waals surface area contributed by atoms with Gasteiger partial charge in [0.1, 0.15) is 5.82 Å². The lowest BCUT2D eigenvalue weighted by Crippen LogP contribution is -2.27. The van der Waals surface area contributed by atoms with Gasteiger partial charge in [-0.1, -0.05) is 114 Å². The molecule has 8 heteroatoms. The Kier molecular flexibility index (Phi) is 9.70. The molecule has 0 amide bonds. The molecule has 6 heterocycles. The molecule has 0 saturated heterocycles. The van der Waals surface area contributed by atoms with Crippen molar-refractivity contribution in [3.8, 4) is 0 Å². The Labute approximate surface area is 369 Å². The predicted molar refractivity (Wildman–Crippen MR) is 257 cm³/mol. The third-order valence-corrected chi connectivity index (χ3v) is 14.6. The van der Waals surface area contributed by atoms with E-state index in [9.17, 15) is 9.18 Å². The molecule has 12 rings (SSSR count). The fraction of sp³-hybridized carbons (Fsp3) is 0.291. The molecule has 6 N–H and O–H groups in total. The van der Waals surface area contributed by atoms with Crippen molar-refractivity contribution in [1.82, 2.24) is 15.0 Å². The molecule has 0 spiro atoms. The molecule has 0 saturated carbocycles. The number of aromatic amines is 3. The van der Waals surface area contributed by atoms with Gasteiger partial charge in [0.05, 0.1) is 18.1 Å². The zero-order valence-corrected chi connectivity index (χ0v) is 37.3. The summed E-state index contributed by atoms with van der Waals surface area (Å²) in [6, 6.07) is 37.5. The van der Waals surface area contributed by atoms with Crippen molar-refractivity contribution in [3.05, 3.63) is 184 Å². The lowest BCUT2D eigenvalue weighted by Gasteiger charge is -2.28. The van der Waals surface area contributed by atoms with Crippen molar-refractivity contribution in [2.45, 2.75) is 102 Å². The van der Waals surface area contributed by atoms with E-state index >= 15 is 0 Å². The summed E-state index contributed by atoms with van der Waals surface area (Å²) in [6.45, 7) is 15.8. The molecule has 63 heavy (non-hydrogen) atoms. The Hall–Kier alpha value is -6.54. The summed E-state index contributed by atoms with van der Waals surface area (Å²) in [7, 11) is 0. The van der Waals surface area contributed by atoms with Crippen molar-refractivity contribution in [1.29, 1.82) is 0 Å². The highest BCUT2D eigenvalue weighted by molar-refractivity contribution is 6.00. The van der Waals surface area contributed by atoms with Crippen LogP contribution in [0.2, 0.25) is 0 Å². The van der Waals surface area contributed by atoms with Crippen LogP contribution in [0.5, 0.6) is 0 Å². The molecule has 320 valence electrons. The highest BCUT2D eigenvalue weighted by atomic mass is 19.1. The Morgan fingerprint density at radius 2 is 1.05 bits per heavy atom. The lowest BCUT2D eigenvalue weighted by atomic mass is 9.76. The van der Waals surface area contributed by atoms with Gasteiger partial charge in [-0.3, -0.25) is 4.79 Å². The van der Waals surface area contributed by atoms with E-state index in [2.05, 4.69) is 170 Å². The third-order valence-electron chi connectivity index (χ3n) is 14.6. The Balaban J connectivity index is 0.000000112. The minimum absolute atomic E-state index is 0.0235. The van der Waals surface area contributed by atoms with Crippen LogP contribution >= 0.6 is 0 Å². The average molecular weight is 837 g/mol. The molecule has 4 aliphatic rings. The van der Waals surface area contributed by atoms with E-state index in [1.54, 1.807) is 12.1 Å². The van der Waals surface area contributed by atoms with Gasteiger partial charge >= 0.3 is 0 Å². The molecule has 3 unspecified atom stereocenters. The third kappa shape index (κ3) is 6.64. The summed E-state index contributed by atoms with van der Waals surface area (Å²) < 4.78 is 13.6. The maximum Gasteiger partial charge on any atom is 0.165 e. The highest BCUT2D eigenvalue weighted by Crippen LogP contribution is 2.52. The number of halogens is 1. The predicted octanol–water partition coefficient (Wildman–Crippen LogP) is 13.7. The number of Topliss-reactive ketones (excluding diaryl/α,β-unsaturated/α-hetero) is 1. The zero-order valence-electron chi connectivity index (χ0n) is 37.3. The van der Waals surface area contributed by atoms with E-state index in [1.807, 2.05) is 18.5 Å². The average Bonchev–Trinajstić information content (AvgIpc) is 4.12. The van der Waals surface area contributed by atoms with E-state index < -0.39 is 0 Å². The largest absolute Gasteiger partial charge is 0.377 e. The summed E-state index contributed by atoms with van der Waals surface area (Å²) in [5.41, 5.74) is 16.8. The lowest BCUT2D eigenvalue weighted by molar-refractivity contribution is 0.0971. The standard InChI is InChI=1S/C19H20N2.C18H17FN2.C18H20N2O/c1-12-7-6-8-13-14(11-20-17(12)13)18-19(2,3)15-9-4-5-10-16(15)21-18;1-18(2)14-5-3-4-6-16(14)21-17(18)13-10-20-15-8-7-11(19)9-12(13)15;1-18(2)12-6-3-4-7-13(12)20-17(18)11-10-19-14-8-5-9-15(21)16(11)14/h4-11,18,20-21H,1-3H3;3-10,17,20-21H,1-2H3;3-4,6-7,10,17,19-20H,5,8-9H2,1-2H3. The summed E-state index contributed by atoms with van der Waals surface area (Å²) in [5, 5.41) is 13.2. The summed E-state index contributed by atoms with van der Waals surface area (Å²) in [5.74, 6) is 0.0951. The molecule has 0 radical (unpaired) electrons. The van der Waals surface area contributed by atoms with Crippen LogP contribution in [0.4, 0.5) is 21.5 Å². The van der Waals surface area contributed by atoms with Crippen molar-refractivity contribution in [3.63, 3.8) is 0 Å². The molecule has 0 bridgehead atoms. The van der Waals surface area contributed by atoms with E-state index in [4.69, 9.17) is 0 Å². The van der Waals surface area contributed by atoms with Crippen LogP contribution < -0.4 is 16.0 Å². The van der Waals surface area contributed by atoms with Crippen LogP contribution in [0.15, 0.2) is 128 Å². The Bertz CT molecular complexity index is 2970. The number of hydrogen-bond acceptors (Lipinski definition) is 4. The van der Waals surface area contributed by atoms with Gasteiger partial charge in [-0.2, -0.15) is 0 Å². The number of nitrogens with one attached hydrogen (secondary N) is 6. The van der Waals surface area contributed by atoms with Crippen molar-refractivity contribution in [2.75, 3.05) is 16.0 Å². The van der Waals surface area contributed by atoms with Gasteiger partial charge in [-0.05, 0) is 78.4 Å². The second-order valence-corrected chi connectivity index (χ2v) is 19.6. The molecular weight excluding hydrogens is 780 g/mol. The monoisotopic (exact) mass is 836 g/mol. The van der Waals surface area contributed by atoms with Crippen LogP contribution in [0.1, 0.15) is 128 Å². The number of rotatable bonds is 3. The number of anilines is 3. The van der Waals surface area contributed by atoms with Gasteiger partial charge in [0.15, 0.2) is 5.78 Å². The minimum atomic E-state index is -0.198. The minimum Gasteiger partial charge on any atom is -0.377 e. The number of para-hydroxylation sites is 4. The molecule has 7 nitrogen and oxygen atoms in total. The van der Waals surface area contributed by atoms with Crippen molar-refractivity contribution < 1.29 is 9.18 Å². The van der Waals surface area contributed by atoms with E-state index in [1.165, 1.54) is 61.8 Å². The summed E-state index contributed by atoms with van der Waals surface area (Å²) >= 11 is 0. The fourth-order valence-corrected chi connectivity index (χ4v) is 11.1. The number of carbonyl (C=O) groups is 1. The number of H-pyrrole nitrogens is 3. The fourth-order valence-electron chi connectivity index (χ4n) is 11.1. The molecule has 1 aliphatic carbocycles. The van der Waals surface area contributed by atoms with Crippen LogP contribution in [0, 0.1) is 12.7 Å². The van der Waals surface area contributed by atoms with Gasteiger partial charge in [0.25, 0.3) is 0 Å². The van der Waals surface area contributed by atoms with Crippen LogP contribution in [-0.2, 0) is 22.7 Å². The van der Waals surface area contributed by atoms with E-state index in [-0.39, 0.29) is 34.1 Å². The second-order valence-electron chi connectivity index (χ2n) is 19.6. The summed E-state index contributed by atoms with van der Waals surface area (Å²) in [4.78, 5) is 22.4. The first-order chi connectivity index (χ1) is 30.2. The molecule has 3 aromatic heterocycles. The summed E-state index contributed by atoms with van der Waals surface area (Å²) in [6.07, 6.45) is 8.84. The SMILES string of the molecule is CC1(C)c2ccccc2NC1c1c[nH]c2c1C(=O)CCC2.CC1(C)c2ccccc2NC1c1c[nH]c2ccc(F)cc12.Cc1cccc2c(C3Nc4ccccc4C3(C)C)c[nH]c12. The van der Waals surface area contributed by atoms with Crippen molar-refractivity contribution in [2.24, 2.45) is 0 Å². The Morgan fingerprint density at radius 1 is 0.540 bits per heavy atom.